The summed E-state index contributed by atoms with van der Waals surface area (Å²) in [5.41, 5.74) is 1.06. The van der Waals surface area contributed by atoms with Crippen molar-refractivity contribution in [3.8, 4) is 0 Å². The highest BCUT2D eigenvalue weighted by Crippen LogP contribution is 2.20. The molecule has 21 heavy (non-hydrogen) atoms. The SMILES string of the molecule is CCC(C)c1ccc(S(=O)(=O)N[C@H](C(=O)O)C(C)C)cc1. The first-order valence-corrected chi connectivity index (χ1v) is 8.52. The lowest BCUT2D eigenvalue weighted by molar-refractivity contribution is -0.140. The van der Waals surface area contributed by atoms with Gasteiger partial charge in [-0.25, -0.2) is 8.42 Å². The molecule has 1 aromatic rings. The molecule has 0 spiro atoms. The van der Waals surface area contributed by atoms with Gasteiger partial charge in [0.2, 0.25) is 10.0 Å². The van der Waals surface area contributed by atoms with E-state index in [9.17, 15) is 13.2 Å². The Morgan fingerprint density at radius 3 is 2.10 bits per heavy atom. The molecule has 0 aliphatic heterocycles. The van der Waals surface area contributed by atoms with Crippen molar-refractivity contribution in [2.75, 3.05) is 0 Å². The second-order valence-electron chi connectivity index (χ2n) is 5.56. The lowest BCUT2D eigenvalue weighted by Gasteiger charge is -2.18. The number of carbonyl (C=O) groups is 1. The molecular weight excluding hydrogens is 290 g/mol. The van der Waals surface area contributed by atoms with Crippen LogP contribution in [0.3, 0.4) is 0 Å². The van der Waals surface area contributed by atoms with E-state index in [0.29, 0.717) is 5.92 Å². The molecule has 0 fully saturated rings. The second kappa shape index (κ2) is 7.04. The van der Waals surface area contributed by atoms with E-state index in [-0.39, 0.29) is 10.8 Å². The van der Waals surface area contributed by atoms with Crippen LogP contribution in [0.15, 0.2) is 29.2 Å². The topological polar surface area (TPSA) is 83.5 Å². The summed E-state index contributed by atoms with van der Waals surface area (Å²) in [6.45, 7) is 7.46. The third kappa shape index (κ3) is 4.54. The first-order chi connectivity index (χ1) is 9.69. The molecule has 0 aromatic heterocycles. The van der Waals surface area contributed by atoms with E-state index in [2.05, 4.69) is 18.6 Å². The molecular formula is C15H23NO4S. The Labute approximate surface area is 126 Å². The first kappa shape index (κ1) is 17.7. The summed E-state index contributed by atoms with van der Waals surface area (Å²) in [7, 11) is -3.83. The average molecular weight is 313 g/mol. The van der Waals surface area contributed by atoms with E-state index >= 15 is 0 Å². The van der Waals surface area contributed by atoms with Crippen molar-refractivity contribution in [1.29, 1.82) is 0 Å². The average Bonchev–Trinajstić information content (AvgIpc) is 2.43. The van der Waals surface area contributed by atoms with Crippen LogP contribution in [0.25, 0.3) is 0 Å². The van der Waals surface area contributed by atoms with Gasteiger partial charge in [0.25, 0.3) is 0 Å². The maximum absolute atomic E-state index is 12.2. The zero-order chi connectivity index (χ0) is 16.2. The Kier molecular flexibility index (Phi) is 5.92. The zero-order valence-electron chi connectivity index (χ0n) is 12.8. The number of benzene rings is 1. The largest absolute Gasteiger partial charge is 0.480 e. The molecule has 1 unspecified atom stereocenters. The molecule has 118 valence electrons. The number of carboxylic acids is 1. The van der Waals surface area contributed by atoms with Crippen LogP contribution in [0.4, 0.5) is 0 Å². The Balaban J connectivity index is 3.00. The smallest absolute Gasteiger partial charge is 0.322 e. The maximum atomic E-state index is 12.2. The van der Waals surface area contributed by atoms with Gasteiger partial charge >= 0.3 is 5.97 Å². The summed E-state index contributed by atoms with van der Waals surface area (Å²) in [5.74, 6) is -1.15. The fourth-order valence-electron chi connectivity index (χ4n) is 1.92. The normalized spacial score (nSPS) is 14.9. The van der Waals surface area contributed by atoms with Crippen LogP contribution < -0.4 is 4.72 Å². The van der Waals surface area contributed by atoms with E-state index in [4.69, 9.17) is 5.11 Å². The maximum Gasteiger partial charge on any atom is 0.322 e. The molecule has 5 nitrogen and oxygen atoms in total. The third-order valence-corrected chi connectivity index (χ3v) is 5.04. The highest BCUT2D eigenvalue weighted by Gasteiger charge is 2.27. The van der Waals surface area contributed by atoms with E-state index in [1.165, 1.54) is 12.1 Å². The van der Waals surface area contributed by atoms with Gasteiger partial charge in [-0.1, -0.05) is 39.8 Å². The van der Waals surface area contributed by atoms with E-state index in [0.717, 1.165) is 12.0 Å². The van der Waals surface area contributed by atoms with E-state index in [1.807, 2.05) is 0 Å². The number of aliphatic carboxylic acids is 1. The molecule has 1 rings (SSSR count). The van der Waals surface area contributed by atoms with Crippen molar-refractivity contribution in [3.05, 3.63) is 29.8 Å². The van der Waals surface area contributed by atoms with Gasteiger partial charge in [-0.3, -0.25) is 4.79 Å². The molecule has 0 aliphatic rings. The monoisotopic (exact) mass is 313 g/mol. The Morgan fingerprint density at radius 2 is 1.71 bits per heavy atom. The van der Waals surface area contributed by atoms with Gasteiger partial charge in [0.15, 0.2) is 0 Å². The minimum absolute atomic E-state index is 0.0847. The van der Waals surface area contributed by atoms with Crippen molar-refractivity contribution >= 4 is 16.0 Å². The Morgan fingerprint density at radius 1 is 1.19 bits per heavy atom. The van der Waals surface area contributed by atoms with Crippen molar-refractivity contribution in [2.24, 2.45) is 5.92 Å². The molecule has 6 heteroatoms. The molecule has 0 saturated heterocycles. The summed E-state index contributed by atoms with van der Waals surface area (Å²) in [4.78, 5) is 11.2. The lowest BCUT2D eigenvalue weighted by Crippen LogP contribution is -2.44. The molecule has 2 atom stereocenters. The van der Waals surface area contributed by atoms with Crippen LogP contribution >= 0.6 is 0 Å². The molecule has 0 saturated carbocycles. The molecule has 1 aromatic carbocycles. The predicted octanol–water partition coefficient (Wildman–Crippen LogP) is 2.59. The number of nitrogens with one attached hydrogen (secondary N) is 1. The molecule has 0 aliphatic carbocycles. The van der Waals surface area contributed by atoms with Crippen LogP contribution in [-0.2, 0) is 14.8 Å². The van der Waals surface area contributed by atoms with Gasteiger partial charge in [-0.15, -0.1) is 0 Å². The first-order valence-electron chi connectivity index (χ1n) is 7.04. The second-order valence-corrected chi connectivity index (χ2v) is 7.27. The molecule has 0 bridgehead atoms. The van der Waals surface area contributed by atoms with Crippen molar-refractivity contribution in [3.63, 3.8) is 0 Å². The Bertz CT molecular complexity index is 578. The minimum Gasteiger partial charge on any atom is -0.480 e. The third-order valence-electron chi connectivity index (χ3n) is 3.59. The minimum atomic E-state index is -3.83. The highest BCUT2D eigenvalue weighted by atomic mass is 32.2. The number of hydrogen-bond donors (Lipinski definition) is 2. The summed E-state index contributed by atoms with van der Waals surface area (Å²) in [5, 5.41) is 9.08. The number of carboxylic acid groups (broad SMARTS) is 1. The van der Waals surface area contributed by atoms with E-state index < -0.39 is 22.0 Å². The van der Waals surface area contributed by atoms with Crippen molar-refractivity contribution in [2.45, 2.75) is 51.0 Å². The van der Waals surface area contributed by atoms with Gasteiger partial charge in [0.1, 0.15) is 6.04 Å². The van der Waals surface area contributed by atoms with Crippen molar-refractivity contribution < 1.29 is 18.3 Å². The fourth-order valence-corrected chi connectivity index (χ4v) is 3.26. The van der Waals surface area contributed by atoms with Crippen LogP contribution in [-0.4, -0.2) is 25.5 Å². The van der Waals surface area contributed by atoms with Gasteiger partial charge in [0, 0.05) is 0 Å². The van der Waals surface area contributed by atoms with Crippen LogP contribution in [0.1, 0.15) is 45.6 Å². The fraction of sp³-hybridized carbons (Fsp3) is 0.533. The molecule has 0 heterocycles. The summed E-state index contributed by atoms with van der Waals surface area (Å²) >= 11 is 0. The molecule has 2 N–H and O–H groups in total. The number of sulfonamides is 1. The van der Waals surface area contributed by atoms with Crippen LogP contribution in [0, 0.1) is 5.92 Å². The summed E-state index contributed by atoms with van der Waals surface area (Å²) < 4.78 is 26.7. The summed E-state index contributed by atoms with van der Waals surface area (Å²) in [6, 6.07) is 5.44. The number of rotatable bonds is 7. The van der Waals surface area contributed by atoms with E-state index in [1.54, 1.807) is 26.0 Å². The standard InChI is InChI=1S/C15H23NO4S/c1-5-11(4)12-6-8-13(9-7-12)21(19,20)16-14(10(2)3)15(17)18/h6-11,14,16H,5H2,1-4H3,(H,17,18)/t11?,14-/m0/s1. The van der Waals surface area contributed by atoms with Gasteiger partial charge in [0.05, 0.1) is 4.90 Å². The van der Waals surface area contributed by atoms with Crippen molar-refractivity contribution in [1.82, 2.24) is 4.72 Å². The predicted molar refractivity (Wildman–Crippen MR) is 81.7 cm³/mol. The molecule has 0 radical (unpaired) electrons. The van der Waals surface area contributed by atoms with Crippen LogP contribution in [0.5, 0.6) is 0 Å². The van der Waals surface area contributed by atoms with Gasteiger partial charge < -0.3 is 5.11 Å². The summed E-state index contributed by atoms with van der Waals surface area (Å²) in [6.07, 6.45) is 0.971. The zero-order valence-corrected chi connectivity index (χ0v) is 13.6. The number of hydrogen-bond acceptors (Lipinski definition) is 3. The van der Waals surface area contributed by atoms with Crippen LogP contribution in [0.2, 0.25) is 0 Å². The Hall–Kier alpha value is -1.40. The quantitative estimate of drug-likeness (QED) is 0.810. The van der Waals surface area contributed by atoms with Gasteiger partial charge in [-0.05, 0) is 36.0 Å². The highest BCUT2D eigenvalue weighted by molar-refractivity contribution is 7.89. The van der Waals surface area contributed by atoms with Gasteiger partial charge in [-0.2, -0.15) is 4.72 Å². The lowest BCUT2D eigenvalue weighted by atomic mass is 9.99. The molecule has 0 amide bonds.